The maximum absolute atomic E-state index is 5.86. The molecule has 0 fully saturated rings. The van der Waals surface area contributed by atoms with Crippen LogP contribution in [0.15, 0.2) is 52.9 Å². The smallest absolute Gasteiger partial charge is 0.139 e. The second-order valence-corrected chi connectivity index (χ2v) is 4.29. The van der Waals surface area contributed by atoms with E-state index in [1.54, 1.807) is 6.26 Å². The Morgan fingerprint density at radius 2 is 1.67 bits per heavy atom. The molecular weight excluding hydrogens is 224 g/mol. The molecule has 0 bridgehead atoms. The Balaban J connectivity index is 2.15. The minimum absolute atomic E-state index is 0.848. The van der Waals surface area contributed by atoms with Crippen molar-refractivity contribution in [2.75, 3.05) is 0 Å². The molecule has 4 rings (SSSR count). The Bertz CT molecular complexity index is 856. The number of hydrogen-bond donors (Lipinski definition) is 0. The molecule has 3 aromatic rings. The molecule has 1 aromatic heterocycles. The van der Waals surface area contributed by atoms with Crippen molar-refractivity contribution in [2.24, 2.45) is 0 Å². The monoisotopic (exact) mass is 234 g/mol. The lowest BCUT2D eigenvalue weighted by Crippen LogP contribution is -2.19. The molecule has 18 heavy (non-hydrogen) atoms. The van der Waals surface area contributed by atoms with Crippen molar-refractivity contribution in [3.8, 4) is 5.75 Å². The van der Waals surface area contributed by atoms with Crippen molar-refractivity contribution in [1.29, 1.82) is 0 Å². The summed E-state index contributed by atoms with van der Waals surface area (Å²) in [6.07, 6.45) is 3.79. The molecule has 0 N–H and O–H groups in total. The number of para-hydroxylation sites is 2. The molecule has 0 aliphatic carbocycles. The van der Waals surface area contributed by atoms with Crippen LogP contribution in [-0.2, 0) is 0 Å². The number of benzene rings is 2. The van der Waals surface area contributed by atoms with E-state index in [1.165, 1.54) is 0 Å². The van der Waals surface area contributed by atoms with Crippen LogP contribution in [0.3, 0.4) is 0 Å². The third kappa shape index (κ3) is 1.29. The minimum atomic E-state index is 0.848. The van der Waals surface area contributed by atoms with Gasteiger partial charge >= 0.3 is 0 Å². The SMILES string of the molecule is C1=c2oc3ccccc3c2=COc2ccccc21. The highest BCUT2D eigenvalue weighted by Gasteiger charge is 2.08. The fraction of sp³-hybridized carbons (Fsp3) is 0. The topological polar surface area (TPSA) is 22.4 Å². The summed E-state index contributed by atoms with van der Waals surface area (Å²) in [6.45, 7) is 0. The van der Waals surface area contributed by atoms with Gasteiger partial charge in [-0.2, -0.15) is 0 Å². The van der Waals surface area contributed by atoms with Crippen LogP contribution in [0.2, 0.25) is 0 Å². The molecule has 1 aliphatic heterocycles. The first-order valence-electron chi connectivity index (χ1n) is 5.87. The molecule has 2 heterocycles. The lowest BCUT2D eigenvalue weighted by Gasteiger charge is -2.01. The molecule has 0 amide bonds. The van der Waals surface area contributed by atoms with E-state index >= 15 is 0 Å². The van der Waals surface area contributed by atoms with Gasteiger partial charge in [0, 0.05) is 10.9 Å². The average molecular weight is 234 g/mol. The lowest BCUT2D eigenvalue weighted by molar-refractivity contribution is 0.537. The summed E-state index contributed by atoms with van der Waals surface area (Å²) >= 11 is 0. The molecule has 0 unspecified atom stereocenters. The molecule has 0 spiro atoms. The van der Waals surface area contributed by atoms with Gasteiger partial charge in [-0.1, -0.05) is 36.4 Å². The molecule has 2 aromatic carbocycles. The average Bonchev–Trinajstić information content (AvgIpc) is 2.65. The van der Waals surface area contributed by atoms with E-state index in [0.717, 1.165) is 32.9 Å². The van der Waals surface area contributed by atoms with Crippen LogP contribution >= 0.6 is 0 Å². The third-order valence-corrected chi connectivity index (χ3v) is 3.17. The molecule has 0 atom stereocenters. The van der Waals surface area contributed by atoms with Gasteiger partial charge in [-0.25, -0.2) is 0 Å². The minimum Gasteiger partial charge on any atom is -0.464 e. The van der Waals surface area contributed by atoms with Crippen LogP contribution in [0.1, 0.15) is 5.56 Å². The molecule has 1 aliphatic rings. The molecule has 86 valence electrons. The highest BCUT2D eigenvalue weighted by atomic mass is 16.5. The van der Waals surface area contributed by atoms with Gasteiger partial charge in [-0.05, 0) is 18.2 Å². The van der Waals surface area contributed by atoms with Gasteiger partial charge < -0.3 is 9.15 Å². The Kier molecular flexibility index (Phi) is 1.86. The lowest BCUT2D eigenvalue weighted by atomic mass is 10.2. The number of fused-ring (bicyclic) bond motifs is 4. The second kappa shape index (κ2) is 3.50. The predicted octanol–water partition coefficient (Wildman–Crippen LogP) is 2.39. The van der Waals surface area contributed by atoms with Crippen LogP contribution < -0.4 is 15.4 Å². The maximum atomic E-state index is 5.86. The summed E-state index contributed by atoms with van der Waals surface area (Å²) in [5, 5.41) is 2.08. The van der Waals surface area contributed by atoms with Gasteiger partial charge in [0.15, 0.2) is 0 Å². The van der Waals surface area contributed by atoms with Crippen molar-refractivity contribution in [1.82, 2.24) is 0 Å². The normalized spacial score (nSPS) is 12.7. The molecular formula is C16H10O2. The number of ether oxygens (including phenoxy) is 1. The summed E-state index contributed by atoms with van der Waals surface area (Å²) in [4.78, 5) is 0. The zero-order valence-electron chi connectivity index (χ0n) is 9.59. The second-order valence-electron chi connectivity index (χ2n) is 4.29. The van der Waals surface area contributed by atoms with Crippen LogP contribution in [0, 0.1) is 0 Å². The van der Waals surface area contributed by atoms with Gasteiger partial charge in [-0.15, -0.1) is 0 Å². The van der Waals surface area contributed by atoms with Crippen molar-refractivity contribution in [3.05, 3.63) is 64.7 Å². The number of rotatable bonds is 0. The molecule has 0 saturated heterocycles. The first-order chi connectivity index (χ1) is 8.92. The van der Waals surface area contributed by atoms with Crippen molar-refractivity contribution < 1.29 is 9.15 Å². The molecule has 0 saturated carbocycles. The van der Waals surface area contributed by atoms with Crippen LogP contribution in [0.25, 0.3) is 23.3 Å². The van der Waals surface area contributed by atoms with E-state index in [2.05, 4.69) is 0 Å². The molecule has 2 heteroatoms. The van der Waals surface area contributed by atoms with Gasteiger partial charge in [0.2, 0.25) is 0 Å². The number of furan rings is 1. The molecule has 2 nitrogen and oxygen atoms in total. The fourth-order valence-corrected chi connectivity index (χ4v) is 2.28. The largest absolute Gasteiger partial charge is 0.464 e. The quantitative estimate of drug-likeness (QED) is 0.596. The van der Waals surface area contributed by atoms with E-state index in [4.69, 9.17) is 9.15 Å². The van der Waals surface area contributed by atoms with Crippen molar-refractivity contribution in [3.63, 3.8) is 0 Å². The summed E-state index contributed by atoms with van der Waals surface area (Å²) in [5.74, 6) is 0.855. The third-order valence-electron chi connectivity index (χ3n) is 3.17. The Morgan fingerprint density at radius 3 is 2.67 bits per heavy atom. The van der Waals surface area contributed by atoms with Gasteiger partial charge in [0.25, 0.3) is 0 Å². The number of hydrogen-bond acceptors (Lipinski definition) is 2. The maximum Gasteiger partial charge on any atom is 0.139 e. The summed E-state index contributed by atoms with van der Waals surface area (Å²) in [7, 11) is 0. The Morgan fingerprint density at radius 1 is 0.833 bits per heavy atom. The zero-order chi connectivity index (χ0) is 11.9. The Labute approximate surface area is 103 Å². The first kappa shape index (κ1) is 9.54. The highest BCUT2D eigenvalue weighted by Crippen LogP contribution is 2.20. The van der Waals surface area contributed by atoms with E-state index in [0.29, 0.717) is 0 Å². The zero-order valence-corrected chi connectivity index (χ0v) is 9.59. The summed E-state index contributed by atoms with van der Waals surface area (Å²) in [5.41, 5.74) is 2.77. The predicted molar refractivity (Wildman–Crippen MR) is 70.6 cm³/mol. The van der Waals surface area contributed by atoms with E-state index in [-0.39, 0.29) is 0 Å². The summed E-state index contributed by atoms with van der Waals surface area (Å²) in [6, 6.07) is 15.9. The standard InChI is InChI=1S/C16H10O2/c1-3-7-14-11(5-1)9-16-13(10-17-14)12-6-2-4-8-15(12)18-16/h1-10H. The van der Waals surface area contributed by atoms with Crippen molar-refractivity contribution >= 4 is 23.3 Å². The van der Waals surface area contributed by atoms with Gasteiger partial charge in [0.1, 0.15) is 23.0 Å². The van der Waals surface area contributed by atoms with Gasteiger partial charge in [-0.3, -0.25) is 0 Å². The van der Waals surface area contributed by atoms with E-state index in [9.17, 15) is 0 Å². The fourth-order valence-electron chi connectivity index (χ4n) is 2.28. The van der Waals surface area contributed by atoms with Crippen LogP contribution in [-0.4, -0.2) is 0 Å². The Hall–Kier alpha value is -2.48. The van der Waals surface area contributed by atoms with Crippen LogP contribution in [0.4, 0.5) is 0 Å². The first-order valence-corrected chi connectivity index (χ1v) is 5.87. The highest BCUT2D eigenvalue weighted by molar-refractivity contribution is 5.79. The van der Waals surface area contributed by atoms with Crippen molar-refractivity contribution in [2.45, 2.75) is 0 Å². The molecule has 0 radical (unpaired) electrons. The van der Waals surface area contributed by atoms with Crippen LogP contribution in [0.5, 0.6) is 5.75 Å². The van der Waals surface area contributed by atoms with E-state index in [1.807, 2.05) is 54.6 Å². The van der Waals surface area contributed by atoms with E-state index < -0.39 is 0 Å². The summed E-state index contributed by atoms with van der Waals surface area (Å²) < 4.78 is 11.6. The van der Waals surface area contributed by atoms with Gasteiger partial charge in [0.05, 0.1) is 5.22 Å².